The first-order valence-electron chi connectivity index (χ1n) is 10.9. The van der Waals surface area contributed by atoms with Gasteiger partial charge in [-0.2, -0.15) is 0 Å². The third-order valence-electron chi connectivity index (χ3n) is 5.51. The number of piperidine rings is 1. The number of hydrogen-bond acceptors (Lipinski definition) is 6. The van der Waals surface area contributed by atoms with Gasteiger partial charge in [0.2, 0.25) is 5.91 Å². The topological polar surface area (TPSA) is 88.1 Å². The summed E-state index contributed by atoms with van der Waals surface area (Å²) < 4.78 is 11.0. The SMILES string of the molecule is CCCCCNC(=O)C1CCN(CC(O)COc2ccc(C(C)=O)cc2OC)CC1. The third-order valence-corrected chi connectivity index (χ3v) is 5.51. The Hall–Kier alpha value is -2.12. The molecule has 30 heavy (non-hydrogen) atoms. The number of Topliss-reactive ketones (excluding diaryl/α,β-unsaturated/α-hetero) is 1. The van der Waals surface area contributed by atoms with Crippen LogP contribution in [0.1, 0.15) is 56.3 Å². The van der Waals surface area contributed by atoms with Gasteiger partial charge >= 0.3 is 0 Å². The Morgan fingerprint density at radius 2 is 1.97 bits per heavy atom. The van der Waals surface area contributed by atoms with Crippen LogP contribution in [-0.2, 0) is 4.79 Å². The maximum Gasteiger partial charge on any atom is 0.223 e. The molecule has 168 valence electrons. The van der Waals surface area contributed by atoms with E-state index >= 15 is 0 Å². The van der Waals surface area contributed by atoms with Crippen LogP contribution in [0.25, 0.3) is 0 Å². The number of ketones is 1. The Kier molecular flexibility index (Phi) is 10.1. The Bertz CT molecular complexity index is 686. The Labute approximate surface area is 179 Å². The van der Waals surface area contributed by atoms with Gasteiger partial charge in [0.15, 0.2) is 17.3 Å². The molecule has 1 amide bonds. The van der Waals surface area contributed by atoms with Crippen LogP contribution in [0.3, 0.4) is 0 Å². The highest BCUT2D eigenvalue weighted by Gasteiger charge is 2.26. The average molecular weight is 421 g/mol. The molecule has 7 nitrogen and oxygen atoms in total. The van der Waals surface area contributed by atoms with Crippen molar-refractivity contribution in [1.82, 2.24) is 10.2 Å². The molecule has 2 N–H and O–H groups in total. The van der Waals surface area contributed by atoms with E-state index in [9.17, 15) is 14.7 Å². The number of aliphatic hydroxyl groups excluding tert-OH is 1. The molecule has 0 aromatic heterocycles. The molecule has 1 atom stereocenters. The van der Waals surface area contributed by atoms with Gasteiger partial charge in [-0.1, -0.05) is 19.8 Å². The van der Waals surface area contributed by atoms with Gasteiger partial charge in [-0.3, -0.25) is 9.59 Å². The van der Waals surface area contributed by atoms with E-state index in [1.807, 2.05) is 0 Å². The molecule has 0 bridgehead atoms. The zero-order chi connectivity index (χ0) is 21.9. The van der Waals surface area contributed by atoms with Crippen molar-refractivity contribution >= 4 is 11.7 Å². The highest BCUT2D eigenvalue weighted by molar-refractivity contribution is 5.94. The second-order valence-corrected chi connectivity index (χ2v) is 7.96. The number of benzene rings is 1. The van der Waals surface area contributed by atoms with Gasteiger partial charge < -0.3 is 24.8 Å². The van der Waals surface area contributed by atoms with Crippen molar-refractivity contribution in [3.8, 4) is 11.5 Å². The summed E-state index contributed by atoms with van der Waals surface area (Å²) in [7, 11) is 1.52. The molecule has 1 aromatic carbocycles. The number of amides is 1. The molecule has 1 saturated heterocycles. The summed E-state index contributed by atoms with van der Waals surface area (Å²) in [6, 6.07) is 5.01. The van der Waals surface area contributed by atoms with Crippen LogP contribution in [0.15, 0.2) is 18.2 Å². The third kappa shape index (κ3) is 7.61. The van der Waals surface area contributed by atoms with E-state index in [1.165, 1.54) is 14.0 Å². The molecule has 2 rings (SSSR count). The number of nitrogens with zero attached hydrogens (tertiary/aromatic N) is 1. The average Bonchev–Trinajstić information content (AvgIpc) is 2.75. The van der Waals surface area contributed by atoms with Crippen LogP contribution in [0, 0.1) is 5.92 Å². The van der Waals surface area contributed by atoms with Crippen LogP contribution in [0.4, 0.5) is 0 Å². The number of rotatable bonds is 12. The Morgan fingerprint density at radius 3 is 2.60 bits per heavy atom. The zero-order valence-electron chi connectivity index (χ0n) is 18.5. The lowest BCUT2D eigenvalue weighted by atomic mass is 9.95. The minimum Gasteiger partial charge on any atom is -0.493 e. The number of unbranched alkanes of at least 4 members (excludes halogenated alkanes) is 2. The smallest absolute Gasteiger partial charge is 0.223 e. The summed E-state index contributed by atoms with van der Waals surface area (Å²) in [5.74, 6) is 1.16. The molecule has 0 spiro atoms. The number of carbonyl (C=O) groups is 2. The molecule has 1 aliphatic rings. The van der Waals surface area contributed by atoms with Gasteiger partial charge in [0, 0.05) is 24.6 Å². The molecule has 1 aliphatic heterocycles. The summed E-state index contributed by atoms with van der Waals surface area (Å²) >= 11 is 0. The number of nitrogens with one attached hydrogen (secondary N) is 1. The van der Waals surface area contributed by atoms with Crippen LogP contribution in [0.5, 0.6) is 11.5 Å². The summed E-state index contributed by atoms with van der Waals surface area (Å²) in [6.45, 7) is 6.63. The first-order valence-corrected chi connectivity index (χ1v) is 10.9. The van der Waals surface area contributed by atoms with Crippen LogP contribution < -0.4 is 14.8 Å². The van der Waals surface area contributed by atoms with Gasteiger partial charge in [-0.25, -0.2) is 0 Å². The first kappa shape index (κ1) is 24.2. The van der Waals surface area contributed by atoms with E-state index in [4.69, 9.17) is 9.47 Å². The maximum atomic E-state index is 12.2. The van der Waals surface area contributed by atoms with Crippen molar-refractivity contribution in [1.29, 1.82) is 0 Å². The predicted molar refractivity (Wildman–Crippen MR) is 116 cm³/mol. The quantitative estimate of drug-likeness (QED) is 0.399. The number of β-amino-alcohol motifs (C(OH)–C–C–N with tert-alkyl or cyclic N) is 1. The molecule has 0 aliphatic carbocycles. The minimum atomic E-state index is -0.651. The normalized spacial score (nSPS) is 16.1. The number of hydrogen-bond donors (Lipinski definition) is 2. The first-order chi connectivity index (χ1) is 14.4. The van der Waals surface area contributed by atoms with Gasteiger partial charge in [0.05, 0.1) is 7.11 Å². The summed E-state index contributed by atoms with van der Waals surface area (Å²) in [6.07, 6.45) is 4.31. The van der Waals surface area contributed by atoms with Crippen molar-refractivity contribution in [2.45, 2.75) is 52.1 Å². The molecule has 1 heterocycles. The van der Waals surface area contributed by atoms with Gasteiger partial charge in [0.1, 0.15) is 12.7 Å². The lowest BCUT2D eigenvalue weighted by Crippen LogP contribution is -2.44. The second-order valence-electron chi connectivity index (χ2n) is 7.96. The predicted octanol–water partition coefficient (Wildman–Crippen LogP) is 2.66. The fraction of sp³-hybridized carbons (Fsp3) is 0.652. The van der Waals surface area contributed by atoms with Crippen molar-refractivity contribution in [2.75, 3.05) is 39.9 Å². The Balaban J connectivity index is 1.72. The maximum absolute atomic E-state index is 12.2. The molecule has 7 heteroatoms. The molecule has 1 unspecified atom stereocenters. The number of aliphatic hydroxyl groups is 1. The standard InChI is InChI=1S/C23H36N2O5/c1-4-5-6-11-24-23(28)18-9-12-25(13-10-18)15-20(27)16-30-21-8-7-19(17(2)26)14-22(21)29-3/h7-8,14,18,20,27H,4-6,9-13,15-16H2,1-3H3,(H,24,28). The van der Waals surface area contributed by atoms with E-state index in [0.29, 0.717) is 23.6 Å². The fourth-order valence-corrected chi connectivity index (χ4v) is 3.65. The van der Waals surface area contributed by atoms with E-state index in [1.54, 1.807) is 18.2 Å². The molecule has 0 saturated carbocycles. The minimum absolute atomic E-state index is 0.0436. The lowest BCUT2D eigenvalue weighted by Gasteiger charge is -2.32. The highest BCUT2D eigenvalue weighted by Crippen LogP contribution is 2.28. The van der Waals surface area contributed by atoms with Crippen molar-refractivity contribution < 1.29 is 24.2 Å². The van der Waals surface area contributed by atoms with Crippen LogP contribution >= 0.6 is 0 Å². The largest absolute Gasteiger partial charge is 0.493 e. The van der Waals surface area contributed by atoms with E-state index in [-0.39, 0.29) is 24.2 Å². The lowest BCUT2D eigenvalue weighted by molar-refractivity contribution is -0.126. The summed E-state index contributed by atoms with van der Waals surface area (Å²) in [5.41, 5.74) is 0.553. The number of methoxy groups -OCH3 is 1. The van der Waals surface area contributed by atoms with Crippen LogP contribution in [-0.4, -0.2) is 67.7 Å². The monoisotopic (exact) mass is 420 g/mol. The molecule has 1 aromatic rings. The zero-order valence-corrected chi connectivity index (χ0v) is 18.5. The number of carbonyl (C=O) groups excluding carboxylic acids is 2. The fourth-order valence-electron chi connectivity index (χ4n) is 3.65. The molecular weight excluding hydrogens is 384 g/mol. The highest BCUT2D eigenvalue weighted by atomic mass is 16.5. The van der Waals surface area contributed by atoms with Gasteiger partial charge in [0.25, 0.3) is 0 Å². The van der Waals surface area contributed by atoms with Gasteiger partial charge in [-0.05, 0) is 57.5 Å². The second kappa shape index (κ2) is 12.5. The summed E-state index contributed by atoms with van der Waals surface area (Å²) in [4.78, 5) is 25.9. The molecule has 0 radical (unpaired) electrons. The Morgan fingerprint density at radius 1 is 1.23 bits per heavy atom. The van der Waals surface area contributed by atoms with Crippen molar-refractivity contribution in [2.24, 2.45) is 5.92 Å². The summed E-state index contributed by atoms with van der Waals surface area (Å²) in [5, 5.41) is 13.4. The number of likely N-dealkylation sites (tertiary alicyclic amines) is 1. The van der Waals surface area contributed by atoms with Crippen molar-refractivity contribution in [3.63, 3.8) is 0 Å². The molecular formula is C23H36N2O5. The molecule has 1 fully saturated rings. The number of ether oxygens (including phenoxy) is 2. The van der Waals surface area contributed by atoms with Crippen molar-refractivity contribution in [3.05, 3.63) is 23.8 Å². The van der Waals surface area contributed by atoms with Gasteiger partial charge in [-0.15, -0.1) is 0 Å². The van der Waals surface area contributed by atoms with E-state index in [2.05, 4.69) is 17.1 Å². The van der Waals surface area contributed by atoms with Crippen LogP contribution in [0.2, 0.25) is 0 Å². The van der Waals surface area contributed by atoms with E-state index < -0.39 is 6.10 Å². The van der Waals surface area contributed by atoms with E-state index in [0.717, 1.165) is 51.7 Å².